The van der Waals surface area contributed by atoms with Gasteiger partial charge in [-0.3, -0.25) is 4.79 Å². The fourth-order valence-corrected chi connectivity index (χ4v) is 3.64. The van der Waals surface area contributed by atoms with Gasteiger partial charge >= 0.3 is 0 Å². The van der Waals surface area contributed by atoms with Gasteiger partial charge in [0.2, 0.25) is 5.91 Å². The number of rotatable bonds is 1. The van der Waals surface area contributed by atoms with Crippen molar-refractivity contribution in [3.63, 3.8) is 0 Å². The highest BCUT2D eigenvalue weighted by Crippen LogP contribution is 2.62. The van der Waals surface area contributed by atoms with Crippen molar-refractivity contribution in [1.82, 2.24) is 10.2 Å². The average Bonchev–Trinajstić information content (AvgIpc) is 2.72. The second-order valence-electron chi connectivity index (χ2n) is 6.30. The van der Waals surface area contributed by atoms with Crippen LogP contribution in [0.3, 0.4) is 0 Å². The van der Waals surface area contributed by atoms with Gasteiger partial charge in [-0.2, -0.15) is 0 Å². The van der Waals surface area contributed by atoms with Crippen LogP contribution in [0.4, 0.5) is 0 Å². The highest BCUT2D eigenvalue weighted by Gasteiger charge is 2.62. The van der Waals surface area contributed by atoms with Gasteiger partial charge in [0.05, 0.1) is 0 Å². The number of nitrogens with zero attached hydrogens (tertiary/aromatic N) is 1. The van der Waals surface area contributed by atoms with Crippen molar-refractivity contribution >= 4 is 18.3 Å². The molecule has 2 atom stereocenters. The Labute approximate surface area is 110 Å². The standard InChI is InChI=1S/C13H22N2O.ClH/c1-13(2)10-7-15(8-11(10)13)12(16)9-3-5-14-6-4-9;/h9-11,14H,3-8H2,1-2H3;1H. The Morgan fingerprint density at radius 1 is 1.18 bits per heavy atom. The summed E-state index contributed by atoms with van der Waals surface area (Å²) in [5, 5.41) is 3.32. The summed E-state index contributed by atoms with van der Waals surface area (Å²) in [5.41, 5.74) is 0.519. The molecule has 1 amide bonds. The van der Waals surface area contributed by atoms with Crippen LogP contribution in [-0.4, -0.2) is 37.0 Å². The molecule has 0 radical (unpaired) electrons. The van der Waals surface area contributed by atoms with Crippen LogP contribution in [0.15, 0.2) is 0 Å². The first-order valence-electron chi connectivity index (χ1n) is 6.60. The molecule has 3 nitrogen and oxygen atoms in total. The van der Waals surface area contributed by atoms with E-state index in [2.05, 4.69) is 24.1 Å². The minimum atomic E-state index is 0. The summed E-state index contributed by atoms with van der Waals surface area (Å²) in [7, 11) is 0. The molecule has 1 aliphatic carbocycles. The Kier molecular flexibility index (Phi) is 3.43. The lowest BCUT2D eigenvalue weighted by Crippen LogP contribution is -2.41. The normalized spacial score (nSPS) is 35.1. The predicted molar refractivity (Wildman–Crippen MR) is 70.2 cm³/mol. The molecule has 3 rings (SSSR count). The summed E-state index contributed by atoms with van der Waals surface area (Å²) in [4.78, 5) is 14.4. The maximum absolute atomic E-state index is 12.3. The van der Waals surface area contributed by atoms with Crippen molar-refractivity contribution in [2.24, 2.45) is 23.2 Å². The van der Waals surface area contributed by atoms with Crippen LogP contribution in [0.25, 0.3) is 0 Å². The number of amides is 1. The molecule has 0 aromatic rings. The van der Waals surface area contributed by atoms with Crippen LogP contribution < -0.4 is 5.32 Å². The molecular formula is C13H23ClN2O. The number of carbonyl (C=O) groups excluding carboxylic acids is 1. The minimum Gasteiger partial charge on any atom is -0.342 e. The Balaban J connectivity index is 0.00000108. The molecule has 0 bridgehead atoms. The molecule has 2 unspecified atom stereocenters. The molecule has 3 fully saturated rings. The van der Waals surface area contributed by atoms with Crippen LogP contribution in [0, 0.1) is 23.2 Å². The van der Waals surface area contributed by atoms with E-state index in [1.165, 1.54) is 0 Å². The van der Waals surface area contributed by atoms with Gasteiger partial charge in [-0.05, 0) is 43.2 Å². The second-order valence-corrected chi connectivity index (χ2v) is 6.30. The minimum absolute atomic E-state index is 0. The van der Waals surface area contributed by atoms with Gasteiger partial charge in [0.15, 0.2) is 0 Å². The zero-order chi connectivity index (χ0) is 11.3. The molecule has 2 aliphatic heterocycles. The van der Waals surface area contributed by atoms with Gasteiger partial charge in [-0.25, -0.2) is 0 Å². The lowest BCUT2D eigenvalue weighted by Gasteiger charge is -2.29. The molecule has 1 N–H and O–H groups in total. The number of likely N-dealkylation sites (tertiary alicyclic amines) is 1. The lowest BCUT2D eigenvalue weighted by atomic mass is 9.96. The summed E-state index contributed by atoms with van der Waals surface area (Å²) in [6, 6.07) is 0. The molecule has 17 heavy (non-hydrogen) atoms. The quantitative estimate of drug-likeness (QED) is 0.774. The largest absolute Gasteiger partial charge is 0.342 e. The van der Waals surface area contributed by atoms with Gasteiger partial charge in [0.1, 0.15) is 0 Å². The maximum Gasteiger partial charge on any atom is 0.225 e. The summed E-state index contributed by atoms with van der Waals surface area (Å²) in [6.45, 7) is 8.77. The molecule has 3 aliphatic rings. The SMILES string of the molecule is CC1(C)C2CN(C(=O)C3CCNCC3)CC21.Cl. The van der Waals surface area contributed by atoms with E-state index in [1.807, 2.05) is 0 Å². The zero-order valence-electron chi connectivity index (χ0n) is 10.7. The van der Waals surface area contributed by atoms with Gasteiger partial charge in [0, 0.05) is 19.0 Å². The zero-order valence-corrected chi connectivity index (χ0v) is 11.6. The molecule has 0 aromatic heterocycles. The number of hydrogen-bond donors (Lipinski definition) is 1. The average molecular weight is 259 g/mol. The molecule has 2 saturated heterocycles. The van der Waals surface area contributed by atoms with Crippen molar-refractivity contribution in [3.8, 4) is 0 Å². The van der Waals surface area contributed by atoms with Gasteiger partial charge in [0.25, 0.3) is 0 Å². The van der Waals surface area contributed by atoms with Crippen molar-refractivity contribution in [2.75, 3.05) is 26.2 Å². The van der Waals surface area contributed by atoms with E-state index in [4.69, 9.17) is 0 Å². The molecular weight excluding hydrogens is 236 g/mol. The molecule has 2 heterocycles. The summed E-state index contributed by atoms with van der Waals surface area (Å²) < 4.78 is 0. The smallest absolute Gasteiger partial charge is 0.225 e. The number of nitrogens with one attached hydrogen (secondary N) is 1. The monoisotopic (exact) mass is 258 g/mol. The van der Waals surface area contributed by atoms with Crippen LogP contribution in [-0.2, 0) is 4.79 Å². The van der Waals surface area contributed by atoms with Crippen molar-refractivity contribution in [2.45, 2.75) is 26.7 Å². The number of halogens is 1. The number of piperidine rings is 2. The lowest BCUT2D eigenvalue weighted by molar-refractivity contribution is -0.136. The molecule has 0 spiro atoms. The van der Waals surface area contributed by atoms with E-state index in [9.17, 15) is 4.79 Å². The number of hydrogen-bond acceptors (Lipinski definition) is 2. The van der Waals surface area contributed by atoms with E-state index in [1.54, 1.807) is 0 Å². The third kappa shape index (κ3) is 2.08. The fraction of sp³-hybridized carbons (Fsp3) is 0.923. The Hall–Kier alpha value is -0.280. The van der Waals surface area contributed by atoms with E-state index in [0.29, 0.717) is 17.2 Å². The Morgan fingerprint density at radius 3 is 2.24 bits per heavy atom. The molecule has 98 valence electrons. The van der Waals surface area contributed by atoms with Gasteiger partial charge in [-0.1, -0.05) is 13.8 Å². The van der Waals surface area contributed by atoms with Gasteiger partial charge in [-0.15, -0.1) is 12.4 Å². The maximum atomic E-state index is 12.3. The van der Waals surface area contributed by atoms with Crippen LogP contribution in [0.5, 0.6) is 0 Å². The molecule has 0 aromatic carbocycles. The first kappa shape index (κ1) is 13.2. The van der Waals surface area contributed by atoms with Crippen molar-refractivity contribution in [3.05, 3.63) is 0 Å². The Morgan fingerprint density at radius 2 is 1.71 bits per heavy atom. The van der Waals surface area contributed by atoms with E-state index < -0.39 is 0 Å². The van der Waals surface area contributed by atoms with Crippen LogP contribution in [0.2, 0.25) is 0 Å². The first-order chi connectivity index (χ1) is 7.60. The van der Waals surface area contributed by atoms with Gasteiger partial charge < -0.3 is 10.2 Å². The molecule has 1 saturated carbocycles. The summed E-state index contributed by atoms with van der Waals surface area (Å²) >= 11 is 0. The third-order valence-electron chi connectivity index (χ3n) is 5.12. The van der Waals surface area contributed by atoms with E-state index in [0.717, 1.165) is 50.9 Å². The fourth-order valence-electron chi connectivity index (χ4n) is 3.64. The highest BCUT2D eigenvalue weighted by atomic mass is 35.5. The predicted octanol–water partition coefficient (Wildman–Crippen LogP) is 1.52. The summed E-state index contributed by atoms with van der Waals surface area (Å²) in [5.74, 6) is 2.32. The second kappa shape index (κ2) is 4.43. The Bertz CT molecular complexity index is 299. The third-order valence-corrected chi connectivity index (χ3v) is 5.12. The van der Waals surface area contributed by atoms with Crippen molar-refractivity contribution in [1.29, 1.82) is 0 Å². The first-order valence-corrected chi connectivity index (χ1v) is 6.60. The van der Waals surface area contributed by atoms with Crippen LogP contribution in [0.1, 0.15) is 26.7 Å². The van der Waals surface area contributed by atoms with E-state index in [-0.39, 0.29) is 12.4 Å². The molecule has 4 heteroatoms. The summed E-state index contributed by atoms with van der Waals surface area (Å²) in [6.07, 6.45) is 2.07. The van der Waals surface area contributed by atoms with Crippen molar-refractivity contribution < 1.29 is 4.79 Å². The van der Waals surface area contributed by atoms with Crippen LogP contribution >= 0.6 is 12.4 Å². The number of carbonyl (C=O) groups is 1. The topological polar surface area (TPSA) is 32.3 Å². The van der Waals surface area contributed by atoms with E-state index >= 15 is 0 Å². The highest BCUT2D eigenvalue weighted by molar-refractivity contribution is 5.85. The number of fused-ring (bicyclic) bond motifs is 1.